The Morgan fingerprint density at radius 1 is 0.600 bits per heavy atom. The maximum Gasteiger partial charge on any atom is 0.0372 e. The molecule has 3 rings (SSSR count). The van der Waals surface area contributed by atoms with Crippen LogP contribution in [0.1, 0.15) is 11.3 Å². The molecule has 0 saturated heterocycles. The first-order chi connectivity index (χ1) is 9.79. The van der Waals surface area contributed by atoms with E-state index in [2.05, 4.69) is 15.0 Å². The Morgan fingerprint density at radius 2 is 1.20 bits per heavy atom. The van der Waals surface area contributed by atoms with E-state index in [0.717, 1.165) is 5.69 Å². The second-order valence-corrected chi connectivity index (χ2v) is 4.02. The molecule has 0 radical (unpaired) electrons. The van der Waals surface area contributed by atoms with Gasteiger partial charge >= 0.3 is 0 Å². The van der Waals surface area contributed by atoms with Crippen molar-refractivity contribution in [1.29, 1.82) is 0 Å². The lowest BCUT2D eigenvalue weighted by Gasteiger charge is -1.82. The summed E-state index contributed by atoms with van der Waals surface area (Å²) in [5.74, 6) is 0. The number of pyridine rings is 3. The molecule has 0 bridgehead atoms. The Morgan fingerprint density at radius 3 is 1.45 bits per heavy atom. The molecule has 3 heteroatoms. The van der Waals surface area contributed by atoms with E-state index in [-0.39, 0.29) is 0 Å². The van der Waals surface area contributed by atoms with Crippen molar-refractivity contribution in [2.75, 3.05) is 0 Å². The highest BCUT2D eigenvalue weighted by Gasteiger charge is 1.73. The normalized spacial score (nSPS) is 8.50. The van der Waals surface area contributed by atoms with Gasteiger partial charge in [0.1, 0.15) is 0 Å². The summed E-state index contributed by atoms with van der Waals surface area (Å²) in [4.78, 5) is 11.6. The van der Waals surface area contributed by atoms with Crippen LogP contribution in [0.3, 0.4) is 0 Å². The van der Waals surface area contributed by atoms with Crippen molar-refractivity contribution in [2.45, 2.75) is 13.8 Å². The van der Waals surface area contributed by atoms with E-state index in [0.29, 0.717) is 0 Å². The summed E-state index contributed by atoms with van der Waals surface area (Å²) in [5, 5.41) is 0. The molecular weight excluding hydrogens is 246 g/mol. The zero-order valence-electron chi connectivity index (χ0n) is 11.8. The highest BCUT2D eigenvalue weighted by Crippen LogP contribution is 1.88. The number of hydrogen-bond acceptors (Lipinski definition) is 3. The van der Waals surface area contributed by atoms with Gasteiger partial charge in [0, 0.05) is 36.7 Å². The van der Waals surface area contributed by atoms with Gasteiger partial charge in [0.05, 0.1) is 0 Å². The molecule has 3 heterocycles. The highest BCUT2D eigenvalue weighted by molar-refractivity contribution is 5.05. The average molecular weight is 265 g/mol. The van der Waals surface area contributed by atoms with Crippen LogP contribution in [0, 0.1) is 13.8 Å². The summed E-state index contributed by atoms with van der Waals surface area (Å²) >= 11 is 0. The molecule has 0 spiro atoms. The van der Waals surface area contributed by atoms with Gasteiger partial charge in [0.25, 0.3) is 0 Å². The largest absolute Gasteiger partial charge is 0.265 e. The SMILES string of the molecule is Cc1ccccn1.Cc1ccncc1.c1ccncc1. The molecule has 0 saturated carbocycles. The monoisotopic (exact) mass is 265 g/mol. The summed E-state index contributed by atoms with van der Waals surface area (Å²) in [7, 11) is 0. The van der Waals surface area contributed by atoms with Crippen LogP contribution in [-0.4, -0.2) is 15.0 Å². The van der Waals surface area contributed by atoms with E-state index in [4.69, 9.17) is 0 Å². The molecule has 0 N–H and O–H groups in total. The van der Waals surface area contributed by atoms with Crippen LogP contribution in [0.5, 0.6) is 0 Å². The molecule has 3 aromatic rings. The minimum absolute atomic E-state index is 1.07. The number of aryl methyl sites for hydroxylation is 2. The van der Waals surface area contributed by atoms with E-state index in [1.165, 1.54) is 5.56 Å². The second-order valence-electron chi connectivity index (χ2n) is 4.02. The van der Waals surface area contributed by atoms with Crippen LogP contribution in [0.2, 0.25) is 0 Å². The topological polar surface area (TPSA) is 38.7 Å². The van der Waals surface area contributed by atoms with Gasteiger partial charge in [-0.25, -0.2) is 0 Å². The molecule has 0 amide bonds. The zero-order chi connectivity index (χ0) is 14.5. The van der Waals surface area contributed by atoms with E-state index < -0.39 is 0 Å². The van der Waals surface area contributed by atoms with Crippen molar-refractivity contribution in [3.8, 4) is 0 Å². The molecule has 3 aromatic heterocycles. The van der Waals surface area contributed by atoms with Crippen molar-refractivity contribution in [2.24, 2.45) is 0 Å². The Labute approximate surface area is 120 Å². The first-order valence-corrected chi connectivity index (χ1v) is 6.38. The number of aromatic nitrogens is 3. The maximum atomic E-state index is 3.98. The zero-order valence-corrected chi connectivity index (χ0v) is 11.8. The smallest absolute Gasteiger partial charge is 0.0372 e. The van der Waals surface area contributed by atoms with Crippen LogP contribution in [0.4, 0.5) is 0 Å². The van der Waals surface area contributed by atoms with E-state index >= 15 is 0 Å². The molecule has 0 atom stereocenters. The van der Waals surface area contributed by atoms with E-state index in [1.54, 1.807) is 31.0 Å². The van der Waals surface area contributed by atoms with Gasteiger partial charge in [-0.05, 0) is 55.8 Å². The summed E-state index contributed by atoms with van der Waals surface area (Å²) in [6, 6.07) is 15.5. The van der Waals surface area contributed by atoms with Crippen molar-refractivity contribution >= 4 is 0 Å². The molecule has 0 aliphatic carbocycles. The van der Waals surface area contributed by atoms with Gasteiger partial charge in [0.2, 0.25) is 0 Å². The predicted octanol–water partition coefficient (Wildman–Crippen LogP) is 3.86. The fourth-order valence-electron chi connectivity index (χ4n) is 1.19. The number of hydrogen-bond donors (Lipinski definition) is 0. The lowest BCUT2D eigenvalue weighted by atomic mass is 10.3. The summed E-state index contributed by atoms with van der Waals surface area (Å²) in [6.07, 6.45) is 8.86. The second kappa shape index (κ2) is 10.4. The van der Waals surface area contributed by atoms with Crippen LogP contribution in [0.15, 0.2) is 79.5 Å². The van der Waals surface area contributed by atoms with Crippen molar-refractivity contribution < 1.29 is 0 Å². The Balaban J connectivity index is 0.000000151. The Hall–Kier alpha value is -2.55. The van der Waals surface area contributed by atoms with Gasteiger partial charge < -0.3 is 0 Å². The number of nitrogens with zero attached hydrogens (tertiary/aromatic N) is 3. The molecule has 0 unspecified atom stereocenters. The third-order valence-corrected chi connectivity index (χ3v) is 2.23. The van der Waals surface area contributed by atoms with Gasteiger partial charge in [-0.15, -0.1) is 0 Å². The van der Waals surface area contributed by atoms with Crippen LogP contribution in [-0.2, 0) is 0 Å². The lowest BCUT2D eigenvalue weighted by molar-refractivity contribution is 1.20. The van der Waals surface area contributed by atoms with E-state index in [1.807, 2.05) is 62.4 Å². The third kappa shape index (κ3) is 8.53. The fraction of sp³-hybridized carbons (Fsp3) is 0.118. The molecule has 102 valence electrons. The summed E-state index contributed by atoms with van der Waals surface area (Å²) in [6.45, 7) is 4.02. The Kier molecular flexibility index (Phi) is 8.05. The maximum absolute atomic E-state index is 3.98. The Bertz CT molecular complexity index is 475. The molecule has 3 nitrogen and oxygen atoms in total. The summed E-state index contributed by atoms with van der Waals surface area (Å²) in [5.41, 5.74) is 2.33. The minimum atomic E-state index is 1.07. The first-order valence-electron chi connectivity index (χ1n) is 6.38. The quantitative estimate of drug-likeness (QED) is 0.619. The molecule has 0 fully saturated rings. The molecule has 0 aliphatic heterocycles. The van der Waals surface area contributed by atoms with Gasteiger partial charge in [-0.1, -0.05) is 12.1 Å². The van der Waals surface area contributed by atoms with Crippen LogP contribution >= 0.6 is 0 Å². The lowest BCUT2D eigenvalue weighted by Crippen LogP contribution is -1.72. The van der Waals surface area contributed by atoms with Gasteiger partial charge in [0.15, 0.2) is 0 Å². The predicted molar refractivity (Wildman–Crippen MR) is 82.2 cm³/mol. The van der Waals surface area contributed by atoms with Crippen molar-refractivity contribution in [3.05, 3.63) is 90.8 Å². The minimum Gasteiger partial charge on any atom is -0.265 e. The number of rotatable bonds is 0. The molecular formula is C17H19N3. The molecule has 0 aromatic carbocycles. The standard InChI is InChI=1S/2C6H7N.C5H5N/c1-6-2-4-7-5-3-6;1-6-4-2-3-5-7-6;1-2-4-6-5-3-1/h2*2-5H,1H3;1-5H. The van der Waals surface area contributed by atoms with Crippen molar-refractivity contribution in [3.63, 3.8) is 0 Å². The first kappa shape index (κ1) is 15.5. The average Bonchev–Trinajstić information content (AvgIpc) is 2.52. The van der Waals surface area contributed by atoms with E-state index in [9.17, 15) is 0 Å². The van der Waals surface area contributed by atoms with Crippen molar-refractivity contribution in [1.82, 2.24) is 15.0 Å². The van der Waals surface area contributed by atoms with Gasteiger partial charge in [-0.3, -0.25) is 15.0 Å². The summed E-state index contributed by atoms with van der Waals surface area (Å²) < 4.78 is 0. The molecule has 0 aliphatic rings. The van der Waals surface area contributed by atoms with Crippen LogP contribution in [0.25, 0.3) is 0 Å². The molecule has 20 heavy (non-hydrogen) atoms. The third-order valence-electron chi connectivity index (χ3n) is 2.23. The highest BCUT2D eigenvalue weighted by atomic mass is 14.6. The van der Waals surface area contributed by atoms with Gasteiger partial charge in [-0.2, -0.15) is 0 Å². The van der Waals surface area contributed by atoms with Crippen LogP contribution < -0.4 is 0 Å². The fourth-order valence-corrected chi connectivity index (χ4v) is 1.19.